The Morgan fingerprint density at radius 3 is 2.16 bits per heavy atom. The van der Waals surface area contributed by atoms with Crippen LogP contribution in [0.5, 0.6) is 0 Å². The first-order chi connectivity index (χ1) is 12.0. The summed E-state index contributed by atoms with van der Waals surface area (Å²) < 4.78 is 28.4. The third kappa shape index (κ3) is 4.19. The number of rotatable bonds is 6. The van der Waals surface area contributed by atoms with Crippen LogP contribution in [0.1, 0.15) is 11.6 Å². The molecule has 0 bridgehead atoms. The van der Waals surface area contributed by atoms with Crippen LogP contribution < -0.4 is 4.72 Å². The summed E-state index contributed by atoms with van der Waals surface area (Å²) in [5.41, 5.74) is 0.770. The minimum atomic E-state index is -3.95. The lowest BCUT2D eigenvalue weighted by Gasteiger charge is -2.19. The molecule has 0 aliphatic rings. The molecule has 0 fully saturated rings. The van der Waals surface area contributed by atoms with Crippen molar-refractivity contribution < 1.29 is 8.42 Å². The Morgan fingerprint density at radius 2 is 1.56 bits per heavy atom. The van der Waals surface area contributed by atoms with Crippen LogP contribution in [0, 0.1) is 0 Å². The van der Waals surface area contributed by atoms with E-state index < -0.39 is 16.1 Å². The van der Waals surface area contributed by atoms with Gasteiger partial charge in [-0.1, -0.05) is 59.6 Å². The first-order valence-corrected chi connectivity index (χ1v) is 9.56. The summed E-state index contributed by atoms with van der Waals surface area (Å²) in [6.45, 7) is 0.221. The molecule has 0 aliphatic heterocycles. The molecule has 0 saturated carbocycles. The van der Waals surface area contributed by atoms with Gasteiger partial charge in [0.1, 0.15) is 4.90 Å². The smallest absolute Gasteiger partial charge is 0.207 e. The van der Waals surface area contributed by atoms with Crippen molar-refractivity contribution in [2.45, 2.75) is 17.5 Å². The van der Waals surface area contributed by atoms with Crippen molar-refractivity contribution >= 4 is 33.2 Å². The van der Waals surface area contributed by atoms with E-state index in [4.69, 9.17) is 23.2 Å². The Bertz CT molecular complexity index is 927. The summed E-state index contributed by atoms with van der Waals surface area (Å²) in [6.07, 6.45) is 3.06. The van der Waals surface area contributed by atoms with Gasteiger partial charge in [0.15, 0.2) is 0 Å². The quantitative estimate of drug-likeness (QED) is 0.693. The molecule has 0 radical (unpaired) electrons. The third-order valence-corrected chi connectivity index (χ3v) is 5.93. The molecule has 9 heteroatoms. The molecule has 1 unspecified atom stereocenters. The monoisotopic (exact) mass is 396 g/mol. The van der Waals surface area contributed by atoms with E-state index in [1.54, 1.807) is 6.07 Å². The van der Waals surface area contributed by atoms with E-state index in [2.05, 4.69) is 14.9 Å². The number of aromatic nitrogens is 3. The van der Waals surface area contributed by atoms with Crippen molar-refractivity contribution in [3.8, 4) is 0 Å². The van der Waals surface area contributed by atoms with E-state index >= 15 is 0 Å². The Kier molecular flexibility index (Phi) is 5.39. The summed E-state index contributed by atoms with van der Waals surface area (Å²) in [7, 11) is -3.95. The summed E-state index contributed by atoms with van der Waals surface area (Å²) in [5, 5.41) is 8.19. The molecule has 0 saturated heterocycles. The van der Waals surface area contributed by atoms with Crippen LogP contribution in [0.3, 0.4) is 0 Å². The van der Waals surface area contributed by atoms with E-state index in [0.29, 0.717) is 0 Å². The molecule has 0 aliphatic carbocycles. The molecule has 1 atom stereocenters. The number of sulfonamides is 1. The molecule has 3 rings (SSSR count). The maximum absolute atomic E-state index is 12.9. The lowest BCUT2D eigenvalue weighted by Crippen LogP contribution is -2.32. The zero-order valence-electron chi connectivity index (χ0n) is 12.9. The van der Waals surface area contributed by atoms with Crippen molar-refractivity contribution in [3.05, 3.63) is 76.5 Å². The van der Waals surface area contributed by atoms with Gasteiger partial charge in [0.25, 0.3) is 0 Å². The van der Waals surface area contributed by atoms with Crippen LogP contribution in [0.25, 0.3) is 0 Å². The predicted octanol–water partition coefficient (Wildman–Crippen LogP) is 3.30. The lowest BCUT2D eigenvalue weighted by molar-refractivity contribution is 0.444. The Labute approximate surface area is 155 Å². The summed E-state index contributed by atoms with van der Waals surface area (Å²) >= 11 is 12.1. The highest BCUT2D eigenvalue weighted by Gasteiger charge is 2.26. The average molecular weight is 397 g/mol. The first-order valence-electron chi connectivity index (χ1n) is 7.33. The molecule has 6 nitrogen and oxygen atoms in total. The Morgan fingerprint density at radius 1 is 0.960 bits per heavy atom. The number of nitrogens with one attached hydrogen (secondary N) is 1. The van der Waals surface area contributed by atoms with E-state index in [1.165, 1.54) is 29.3 Å². The summed E-state index contributed by atoms with van der Waals surface area (Å²) in [4.78, 5) is 1.27. The topological polar surface area (TPSA) is 76.9 Å². The fourth-order valence-electron chi connectivity index (χ4n) is 2.38. The largest absolute Gasteiger partial charge is 0.244 e. The Balaban J connectivity index is 1.97. The van der Waals surface area contributed by atoms with Gasteiger partial charge >= 0.3 is 0 Å². The molecule has 130 valence electrons. The molecule has 25 heavy (non-hydrogen) atoms. The van der Waals surface area contributed by atoms with Crippen LogP contribution >= 0.6 is 23.2 Å². The first kappa shape index (κ1) is 17.9. The van der Waals surface area contributed by atoms with Crippen molar-refractivity contribution in [1.82, 2.24) is 19.7 Å². The number of hydrogen-bond donors (Lipinski definition) is 1. The van der Waals surface area contributed by atoms with Crippen LogP contribution in [0.4, 0.5) is 0 Å². The van der Waals surface area contributed by atoms with E-state index in [0.717, 1.165) is 5.56 Å². The molecule has 3 aromatic rings. The van der Waals surface area contributed by atoms with Gasteiger partial charge in [0.2, 0.25) is 10.0 Å². The fourth-order valence-corrected chi connectivity index (χ4v) is 4.74. The molecular formula is C16H14Cl2N4O2S. The second-order valence-electron chi connectivity index (χ2n) is 5.22. The van der Waals surface area contributed by atoms with Crippen molar-refractivity contribution in [2.24, 2.45) is 0 Å². The van der Waals surface area contributed by atoms with Crippen LogP contribution in [-0.4, -0.2) is 23.4 Å². The highest BCUT2D eigenvalue weighted by Crippen LogP contribution is 2.30. The van der Waals surface area contributed by atoms with E-state index in [1.807, 2.05) is 30.3 Å². The SMILES string of the molecule is O=S(=O)(NC(Cn1nccn1)c1ccccc1)c1c(Cl)cccc1Cl. The van der Waals surface area contributed by atoms with Gasteiger partial charge in [0, 0.05) is 0 Å². The second-order valence-corrected chi connectivity index (χ2v) is 7.68. The molecule has 1 N–H and O–H groups in total. The molecule has 0 amide bonds. The normalized spacial score (nSPS) is 12.9. The molecular weight excluding hydrogens is 383 g/mol. The van der Waals surface area contributed by atoms with Gasteiger partial charge in [-0.3, -0.25) is 0 Å². The fraction of sp³-hybridized carbons (Fsp3) is 0.125. The van der Waals surface area contributed by atoms with Gasteiger partial charge in [-0.05, 0) is 17.7 Å². The van der Waals surface area contributed by atoms with E-state index in [9.17, 15) is 8.42 Å². The van der Waals surface area contributed by atoms with E-state index in [-0.39, 0.29) is 21.5 Å². The number of halogens is 2. The second kappa shape index (κ2) is 7.53. The van der Waals surface area contributed by atoms with Crippen molar-refractivity contribution in [2.75, 3.05) is 0 Å². The minimum Gasteiger partial charge on any atom is -0.207 e. The zero-order chi connectivity index (χ0) is 17.9. The Hall–Kier alpha value is -1.93. The van der Waals surface area contributed by atoms with Gasteiger partial charge in [-0.25, -0.2) is 13.1 Å². The number of hydrogen-bond acceptors (Lipinski definition) is 4. The van der Waals surface area contributed by atoms with Crippen molar-refractivity contribution in [3.63, 3.8) is 0 Å². The van der Waals surface area contributed by atoms with Gasteiger partial charge < -0.3 is 0 Å². The molecule has 2 aromatic carbocycles. The summed E-state index contributed by atoms with van der Waals surface area (Å²) in [6, 6.07) is 13.1. The van der Waals surface area contributed by atoms with Crippen LogP contribution in [-0.2, 0) is 16.6 Å². The standard InChI is InChI=1S/C16H14Cl2N4O2S/c17-13-7-4-8-14(18)16(13)25(23,24)21-15(11-22-19-9-10-20-22)12-5-2-1-3-6-12/h1-10,15,21H,11H2. The highest BCUT2D eigenvalue weighted by atomic mass is 35.5. The van der Waals surface area contributed by atoms with Gasteiger partial charge in [0.05, 0.1) is 35.0 Å². The van der Waals surface area contributed by atoms with Crippen LogP contribution in [0.15, 0.2) is 65.8 Å². The predicted molar refractivity (Wildman–Crippen MR) is 96.0 cm³/mol. The highest BCUT2D eigenvalue weighted by molar-refractivity contribution is 7.89. The average Bonchev–Trinajstić information content (AvgIpc) is 3.07. The number of nitrogens with zero attached hydrogens (tertiary/aromatic N) is 3. The van der Waals surface area contributed by atoms with Crippen molar-refractivity contribution in [1.29, 1.82) is 0 Å². The zero-order valence-corrected chi connectivity index (χ0v) is 15.2. The van der Waals surface area contributed by atoms with Crippen LogP contribution in [0.2, 0.25) is 10.0 Å². The number of benzene rings is 2. The molecule has 0 spiro atoms. The lowest BCUT2D eigenvalue weighted by atomic mass is 10.1. The maximum atomic E-state index is 12.9. The van der Waals surface area contributed by atoms with Gasteiger partial charge in [-0.15, -0.1) is 0 Å². The molecule has 1 heterocycles. The third-order valence-electron chi connectivity index (χ3n) is 3.50. The van der Waals surface area contributed by atoms with Gasteiger partial charge in [-0.2, -0.15) is 15.0 Å². The maximum Gasteiger partial charge on any atom is 0.244 e. The summed E-state index contributed by atoms with van der Waals surface area (Å²) in [5.74, 6) is 0. The molecule has 1 aromatic heterocycles. The minimum absolute atomic E-state index is 0.0593.